The van der Waals surface area contributed by atoms with Crippen molar-refractivity contribution in [1.29, 1.82) is 0 Å². The summed E-state index contributed by atoms with van der Waals surface area (Å²) in [6, 6.07) is 8.39. The molecule has 0 bridgehead atoms. The first-order valence-electron chi connectivity index (χ1n) is 7.42. The maximum Gasteiger partial charge on any atom is 0.286 e. The van der Waals surface area contributed by atoms with Gasteiger partial charge in [-0.25, -0.2) is 0 Å². The second kappa shape index (κ2) is 5.74. The van der Waals surface area contributed by atoms with Crippen LogP contribution in [0.25, 0.3) is 11.8 Å². The molecule has 0 saturated carbocycles. The molecule has 3 rings (SSSR count). The van der Waals surface area contributed by atoms with Gasteiger partial charge in [0.25, 0.3) is 5.91 Å². The van der Waals surface area contributed by atoms with Gasteiger partial charge in [-0.1, -0.05) is 12.1 Å². The lowest BCUT2D eigenvalue weighted by molar-refractivity contribution is -0.113. The summed E-state index contributed by atoms with van der Waals surface area (Å²) in [6.45, 7) is 8.39. The molecule has 118 valence electrons. The molecule has 5 heteroatoms. The molecule has 2 heterocycles. The highest BCUT2D eigenvalue weighted by molar-refractivity contribution is 8.18. The van der Waals surface area contributed by atoms with Crippen molar-refractivity contribution >= 4 is 28.9 Å². The number of nitrogens with zero attached hydrogens (tertiary/aromatic N) is 2. The van der Waals surface area contributed by atoms with E-state index in [1.165, 1.54) is 28.6 Å². The average molecular weight is 325 g/mol. The summed E-state index contributed by atoms with van der Waals surface area (Å²) >= 11 is 1.22. The van der Waals surface area contributed by atoms with E-state index in [9.17, 15) is 4.79 Å². The van der Waals surface area contributed by atoms with Gasteiger partial charge in [-0.15, -0.1) is 0 Å². The second-order valence-corrected chi connectivity index (χ2v) is 6.81. The van der Waals surface area contributed by atoms with Crippen molar-refractivity contribution in [3.8, 4) is 5.69 Å². The molecule has 1 amide bonds. The van der Waals surface area contributed by atoms with Gasteiger partial charge in [0.2, 0.25) is 0 Å². The van der Waals surface area contributed by atoms with Gasteiger partial charge >= 0.3 is 0 Å². The number of thioether (sulfide) groups is 1. The van der Waals surface area contributed by atoms with Crippen LogP contribution in [0.15, 0.2) is 34.2 Å². The highest BCUT2D eigenvalue weighted by atomic mass is 32.2. The highest BCUT2D eigenvalue weighted by Crippen LogP contribution is 2.30. The van der Waals surface area contributed by atoms with Crippen molar-refractivity contribution in [2.45, 2.75) is 27.7 Å². The van der Waals surface area contributed by atoms with E-state index in [0.717, 1.165) is 17.0 Å². The molecule has 23 heavy (non-hydrogen) atoms. The molecule has 0 atom stereocenters. The predicted molar refractivity (Wildman–Crippen MR) is 96.9 cm³/mol. The summed E-state index contributed by atoms with van der Waals surface area (Å²) in [5.41, 5.74) is 12.6. The topological polar surface area (TPSA) is 60.4 Å². The van der Waals surface area contributed by atoms with Crippen LogP contribution in [-0.2, 0) is 4.79 Å². The van der Waals surface area contributed by atoms with Crippen molar-refractivity contribution in [2.75, 3.05) is 0 Å². The van der Waals surface area contributed by atoms with E-state index in [-0.39, 0.29) is 5.91 Å². The number of aliphatic imine (C=N–C) groups is 1. The number of hydrogen-bond donors (Lipinski definition) is 1. The van der Waals surface area contributed by atoms with Crippen LogP contribution >= 0.6 is 11.8 Å². The lowest BCUT2D eigenvalue weighted by Gasteiger charge is -2.14. The van der Waals surface area contributed by atoms with Gasteiger partial charge in [0.1, 0.15) is 0 Å². The van der Waals surface area contributed by atoms with Gasteiger partial charge in [-0.2, -0.15) is 4.99 Å². The van der Waals surface area contributed by atoms with E-state index in [4.69, 9.17) is 5.73 Å². The molecule has 0 fully saturated rings. The van der Waals surface area contributed by atoms with Crippen LogP contribution < -0.4 is 5.73 Å². The molecule has 0 radical (unpaired) electrons. The van der Waals surface area contributed by atoms with Crippen molar-refractivity contribution in [2.24, 2.45) is 10.7 Å². The van der Waals surface area contributed by atoms with Crippen molar-refractivity contribution in [1.82, 2.24) is 4.57 Å². The van der Waals surface area contributed by atoms with Crippen LogP contribution in [0.1, 0.15) is 28.1 Å². The van der Waals surface area contributed by atoms with E-state index in [1.54, 1.807) is 0 Å². The number of benzene rings is 1. The summed E-state index contributed by atoms with van der Waals surface area (Å²) in [5.74, 6) is -0.260. The Labute approximate surface area is 140 Å². The molecule has 4 nitrogen and oxygen atoms in total. The predicted octanol–water partition coefficient (Wildman–Crippen LogP) is 3.64. The van der Waals surface area contributed by atoms with Crippen LogP contribution in [0.3, 0.4) is 0 Å². The molecule has 0 saturated heterocycles. The number of aromatic nitrogens is 1. The quantitative estimate of drug-likeness (QED) is 0.858. The number of nitrogens with two attached hydrogens (primary N) is 1. The first kappa shape index (κ1) is 15.6. The SMILES string of the molecule is Cc1cccc(-n2c(C)cc(C=C3SC(N)=NC3=O)c2C)c1C. The third-order valence-corrected chi connectivity index (χ3v) is 5.02. The number of hydrogen-bond acceptors (Lipinski definition) is 3. The van der Waals surface area contributed by atoms with Gasteiger partial charge in [0.15, 0.2) is 5.17 Å². The zero-order chi connectivity index (χ0) is 16.7. The Morgan fingerprint density at radius 1 is 1.22 bits per heavy atom. The zero-order valence-corrected chi connectivity index (χ0v) is 14.5. The summed E-state index contributed by atoms with van der Waals surface area (Å²) in [7, 11) is 0. The Morgan fingerprint density at radius 3 is 2.61 bits per heavy atom. The molecule has 1 aromatic heterocycles. The summed E-state index contributed by atoms with van der Waals surface area (Å²) in [6.07, 6.45) is 1.88. The lowest BCUT2D eigenvalue weighted by Crippen LogP contribution is -2.02. The van der Waals surface area contributed by atoms with Crippen LogP contribution in [0.5, 0.6) is 0 Å². The minimum Gasteiger partial charge on any atom is -0.378 e. The molecule has 0 unspecified atom stereocenters. The van der Waals surface area contributed by atoms with Gasteiger partial charge in [-0.05, 0) is 74.4 Å². The number of amidine groups is 1. The minimum absolute atomic E-state index is 0.260. The molecule has 1 aromatic carbocycles. The molecular formula is C18H19N3OS. The van der Waals surface area contributed by atoms with Gasteiger partial charge < -0.3 is 10.3 Å². The summed E-state index contributed by atoms with van der Waals surface area (Å²) in [5, 5.41) is 0.310. The minimum atomic E-state index is -0.260. The number of aryl methyl sites for hydroxylation is 2. The number of carbonyl (C=O) groups is 1. The van der Waals surface area contributed by atoms with Crippen LogP contribution in [0.4, 0.5) is 0 Å². The monoisotopic (exact) mass is 325 g/mol. The van der Waals surface area contributed by atoms with Crippen molar-refractivity contribution in [3.63, 3.8) is 0 Å². The Hall–Kier alpha value is -2.27. The van der Waals surface area contributed by atoms with E-state index in [1.807, 2.05) is 6.08 Å². The van der Waals surface area contributed by atoms with Gasteiger partial charge in [0, 0.05) is 17.1 Å². The number of carbonyl (C=O) groups excluding carboxylic acids is 1. The van der Waals surface area contributed by atoms with Gasteiger partial charge in [0.05, 0.1) is 4.91 Å². The summed E-state index contributed by atoms with van der Waals surface area (Å²) in [4.78, 5) is 16.1. The Kier molecular flexibility index (Phi) is 3.90. The number of rotatable bonds is 2. The molecule has 1 aliphatic rings. The molecule has 0 spiro atoms. The highest BCUT2D eigenvalue weighted by Gasteiger charge is 2.21. The third kappa shape index (κ3) is 2.72. The fraction of sp³-hybridized carbons (Fsp3) is 0.222. The largest absolute Gasteiger partial charge is 0.378 e. The van der Waals surface area contributed by atoms with E-state index >= 15 is 0 Å². The molecular weight excluding hydrogens is 306 g/mol. The molecule has 1 aliphatic heterocycles. The average Bonchev–Trinajstić information content (AvgIpc) is 2.94. The zero-order valence-electron chi connectivity index (χ0n) is 13.7. The maximum absolute atomic E-state index is 11.8. The molecule has 2 aromatic rings. The van der Waals surface area contributed by atoms with E-state index < -0.39 is 0 Å². The maximum atomic E-state index is 11.8. The Bertz CT molecular complexity index is 875. The third-order valence-electron chi connectivity index (χ3n) is 4.21. The smallest absolute Gasteiger partial charge is 0.286 e. The van der Waals surface area contributed by atoms with Crippen molar-refractivity contribution in [3.05, 3.63) is 57.2 Å². The van der Waals surface area contributed by atoms with E-state index in [2.05, 4.69) is 61.5 Å². The normalized spacial score (nSPS) is 16.3. The van der Waals surface area contributed by atoms with Gasteiger partial charge in [-0.3, -0.25) is 4.79 Å². The Balaban J connectivity index is 2.09. The van der Waals surface area contributed by atoms with Crippen molar-refractivity contribution < 1.29 is 4.79 Å². The first-order valence-corrected chi connectivity index (χ1v) is 8.23. The van der Waals surface area contributed by atoms with E-state index in [0.29, 0.717) is 10.1 Å². The second-order valence-electron chi connectivity index (χ2n) is 5.75. The summed E-state index contributed by atoms with van der Waals surface area (Å²) < 4.78 is 2.23. The molecule has 0 aliphatic carbocycles. The van der Waals surface area contributed by atoms with Crippen LogP contribution in [-0.4, -0.2) is 15.6 Å². The molecule has 2 N–H and O–H groups in total. The fourth-order valence-electron chi connectivity index (χ4n) is 2.85. The van der Waals surface area contributed by atoms with Crippen LogP contribution in [0, 0.1) is 27.7 Å². The number of amides is 1. The lowest BCUT2D eigenvalue weighted by atomic mass is 10.1. The Morgan fingerprint density at radius 2 is 1.96 bits per heavy atom. The van der Waals surface area contributed by atoms with Crippen LogP contribution in [0.2, 0.25) is 0 Å². The first-order chi connectivity index (χ1) is 10.9. The fourth-order valence-corrected chi connectivity index (χ4v) is 3.52. The standard InChI is InChI=1S/C18H19N3OS/c1-10-6-5-7-15(12(10)3)21-11(2)8-14(13(21)4)9-16-17(22)20-18(19)23-16/h5-9H,1-4H3,(H2,19,20,22).